The molecule has 108 valence electrons. The van der Waals surface area contributed by atoms with Crippen LogP contribution in [0.15, 0.2) is 33.3 Å². The minimum atomic E-state index is -0.189. The molecule has 0 aliphatic heterocycles. The molecule has 0 fully saturated rings. The van der Waals surface area contributed by atoms with Gasteiger partial charge in [-0.05, 0) is 43.8 Å². The second-order valence-corrected chi connectivity index (χ2v) is 5.65. The molecular formula is C13H19N5OS. The summed E-state index contributed by atoms with van der Waals surface area (Å²) < 4.78 is 1.62. The Morgan fingerprint density at radius 1 is 1.45 bits per heavy atom. The molecule has 0 aromatic carbocycles. The largest absolute Gasteiger partial charge is 0.344 e. The third-order valence-corrected chi connectivity index (χ3v) is 3.68. The van der Waals surface area contributed by atoms with Gasteiger partial charge in [-0.3, -0.25) is 4.57 Å². The first-order chi connectivity index (χ1) is 9.61. The fraction of sp³-hybridized carbons (Fsp3) is 0.462. The number of aromatic nitrogens is 4. The van der Waals surface area contributed by atoms with E-state index in [-0.39, 0.29) is 11.7 Å². The van der Waals surface area contributed by atoms with Crippen molar-refractivity contribution < 1.29 is 0 Å². The molecule has 0 atom stereocenters. The summed E-state index contributed by atoms with van der Waals surface area (Å²) in [7, 11) is 0. The maximum absolute atomic E-state index is 11.6. The minimum Gasteiger partial charge on any atom is -0.313 e. The van der Waals surface area contributed by atoms with Crippen LogP contribution in [0.5, 0.6) is 0 Å². The number of H-pyrrole nitrogens is 1. The van der Waals surface area contributed by atoms with E-state index in [1.165, 1.54) is 11.8 Å². The van der Waals surface area contributed by atoms with Crippen molar-refractivity contribution in [3.05, 3.63) is 34.4 Å². The molecule has 0 unspecified atom stereocenters. The minimum absolute atomic E-state index is 0.0665. The van der Waals surface area contributed by atoms with Crippen molar-refractivity contribution in [2.24, 2.45) is 0 Å². The summed E-state index contributed by atoms with van der Waals surface area (Å²) >= 11 is 1.39. The van der Waals surface area contributed by atoms with Crippen molar-refractivity contribution in [1.82, 2.24) is 25.1 Å². The van der Waals surface area contributed by atoms with Crippen LogP contribution in [0, 0.1) is 0 Å². The van der Waals surface area contributed by atoms with Crippen LogP contribution in [-0.2, 0) is 6.54 Å². The zero-order valence-corrected chi connectivity index (χ0v) is 12.7. The Bertz CT molecular complexity index is 602. The van der Waals surface area contributed by atoms with E-state index < -0.39 is 0 Å². The van der Waals surface area contributed by atoms with Gasteiger partial charge in [0.25, 0.3) is 0 Å². The number of hydrogen-bond acceptors (Lipinski definition) is 5. The topological polar surface area (TPSA) is 75.6 Å². The van der Waals surface area contributed by atoms with Crippen molar-refractivity contribution in [2.45, 2.75) is 43.5 Å². The lowest BCUT2D eigenvalue weighted by Crippen LogP contribution is -2.19. The smallest absolute Gasteiger partial charge is 0.313 e. The summed E-state index contributed by atoms with van der Waals surface area (Å²) in [4.78, 5) is 16.0. The van der Waals surface area contributed by atoms with E-state index >= 15 is 0 Å². The summed E-state index contributed by atoms with van der Waals surface area (Å²) in [6.45, 7) is 7.72. The first kappa shape index (κ1) is 14.8. The highest BCUT2D eigenvalue weighted by atomic mass is 32.2. The summed E-state index contributed by atoms with van der Waals surface area (Å²) in [5, 5.41) is 11.2. The van der Waals surface area contributed by atoms with E-state index in [1.54, 1.807) is 4.57 Å². The van der Waals surface area contributed by atoms with Crippen LogP contribution in [0.25, 0.3) is 0 Å². The first-order valence-corrected chi connectivity index (χ1v) is 7.44. The van der Waals surface area contributed by atoms with E-state index in [0.29, 0.717) is 5.16 Å². The van der Waals surface area contributed by atoms with Crippen molar-refractivity contribution in [3.8, 4) is 0 Å². The molecule has 0 saturated heterocycles. The number of aromatic amines is 1. The van der Waals surface area contributed by atoms with Crippen LogP contribution < -0.4 is 11.0 Å². The monoisotopic (exact) mass is 293 g/mol. The van der Waals surface area contributed by atoms with E-state index in [4.69, 9.17) is 0 Å². The predicted molar refractivity (Wildman–Crippen MR) is 79.0 cm³/mol. The van der Waals surface area contributed by atoms with Crippen LogP contribution in [0.4, 0.5) is 0 Å². The number of nitrogens with zero attached hydrogens (tertiary/aromatic N) is 3. The van der Waals surface area contributed by atoms with E-state index in [0.717, 1.165) is 23.7 Å². The van der Waals surface area contributed by atoms with Crippen molar-refractivity contribution in [2.75, 3.05) is 6.54 Å². The molecule has 20 heavy (non-hydrogen) atoms. The lowest BCUT2D eigenvalue weighted by Gasteiger charge is -2.08. The van der Waals surface area contributed by atoms with Crippen molar-refractivity contribution in [3.63, 3.8) is 0 Å². The molecule has 2 rings (SSSR count). The Hall–Kier alpha value is -1.60. The van der Waals surface area contributed by atoms with Gasteiger partial charge in [-0.2, -0.15) is 0 Å². The van der Waals surface area contributed by atoms with Crippen molar-refractivity contribution in [1.29, 1.82) is 0 Å². The maximum atomic E-state index is 11.6. The fourth-order valence-electron chi connectivity index (χ4n) is 1.76. The van der Waals surface area contributed by atoms with Gasteiger partial charge in [0.2, 0.25) is 0 Å². The highest BCUT2D eigenvalue weighted by Crippen LogP contribution is 2.24. The highest BCUT2D eigenvalue weighted by Gasteiger charge is 2.13. The van der Waals surface area contributed by atoms with Crippen LogP contribution in [-0.4, -0.2) is 26.3 Å². The normalized spacial score (nSPS) is 11.2. The number of rotatable bonds is 6. The Labute approximate surface area is 122 Å². The van der Waals surface area contributed by atoms with Crippen LogP contribution >= 0.6 is 11.8 Å². The maximum Gasteiger partial charge on any atom is 0.344 e. The van der Waals surface area contributed by atoms with E-state index in [9.17, 15) is 4.79 Å². The quantitative estimate of drug-likeness (QED) is 0.849. The average Bonchev–Trinajstić information content (AvgIpc) is 2.79. The second-order valence-electron chi connectivity index (χ2n) is 4.66. The number of pyridine rings is 1. The molecule has 6 nitrogen and oxygen atoms in total. The first-order valence-electron chi connectivity index (χ1n) is 6.62. The van der Waals surface area contributed by atoms with Gasteiger partial charge in [0, 0.05) is 18.8 Å². The summed E-state index contributed by atoms with van der Waals surface area (Å²) in [6, 6.07) is 4.04. The van der Waals surface area contributed by atoms with Crippen LogP contribution in [0.2, 0.25) is 0 Å². The SMILES string of the molecule is CCNCc1ccc(Sc2n[nH]c(=O)n2C(C)C)nc1. The number of hydrogen-bond donors (Lipinski definition) is 2. The van der Waals surface area contributed by atoms with Gasteiger partial charge in [-0.1, -0.05) is 13.0 Å². The molecule has 0 aliphatic rings. The number of nitrogens with one attached hydrogen (secondary N) is 2. The molecule has 0 aliphatic carbocycles. The predicted octanol–water partition coefficient (Wildman–Crippen LogP) is 1.81. The molecular weight excluding hydrogens is 274 g/mol. The molecule has 0 bridgehead atoms. The lowest BCUT2D eigenvalue weighted by atomic mass is 10.3. The third kappa shape index (κ3) is 3.49. The van der Waals surface area contributed by atoms with E-state index in [2.05, 4.69) is 27.4 Å². The third-order valence-electron chi connectivity index (χ3n) is 2.76. The Balaban J connectivity index is 2.12. The Morgan fingerprint density at radius 3 is 2.85 bits per heavy atom. The van der Waals surface area contributed by atoms with Gasteiger partial charge in [-0.15, -0.1) is 5.10 Å². The molecule has 0 radical (unpaired) electrons. The summed E-state index contributed by atoms with van der Waals surface area (Å²) in [6.07, 6.45) is 1.84. The molecule has 0 amide bonds. The average molecular weight is 293 g/mol. The lowest BCUT2D eigenvalue weighted by molar-refractivity contribution is 0.534. The second kappa shape index (κ2) is 6.71. The standard InChI is InChI=1S/C13H19N5OS/c1-4-14-7-10-5-6-11(15-8-10)20-13-17-16-12(19)18(13)9(2)3/h5-6,8-9,14H,4,7H2,1-3H3,(H,16,19). The van der Waals surface area contributed by atoms with Gasteiger partial charge in [0.15, 0.2) is 5.16 Å². The van der Waals surface area contributed by atoms with Gasteiger partial charge in [-0.25, -0.2) is 14.9 Å². The molecule has 2 N–H and O–H groups in total. The zero-order valence-electron chi connectivity index (χ0n) is 11.9. The Morgan fingerprint density at radius 2 is 2.25 bits per heavy atom. The van der Waals surface area contributed by atoms with Gasteiger partial charge < -0.3 is 5.32 Å². The Kier molecular flexibility index (Phi) is 4.97. The van der Waals surface area contributed by atoms with E-state index in [1.807, 2.05) is 32.2 Å². The fourth-order valence-corrected chi connectivity index (χ4v) is 2.67. The van der Waals surface area contributed by atoms with Crippen LogP contribution in [0.3, 0.4) is 0 Å². The van der Waals surface area contributed by atoms with Gasteiger partial charge >= 0.3 is 5.69 Å². The highest BCUT2D eigenvalue weighted by molar-refractivity contribution is 7.99. The molecule has 2 aromatic rings. The van der Waals surface area contributed by atoms with Crippen molar-refractivity contribution >= 4 is 11.8 Å². The summed E-state index contributed by atoms with van der Waals surface area (Å²) in [5.74, 6) is 0. The molecule has 2 heterocycles. The molecule has 2 aromatic heterocycles. The van der Waals surface area contributed by atoms with Gasteiger partial charge in [0.1, 0.15) is 5.03 Å². The molecule has 0 spiro atoms. The van der Waals surface area contributed by atoms with Gasteiger partial charge in [0.05, 0.1) is 0 Å². The molecule has 0 saturated carbocycles. The van der Waals surface area contributed by atoms with Crippen LogP contribution in [0.1, 0.15) is 32.4 Å². The molecule has 7 heteroatoms. The zero-order chi connectivity index (χ0) is 14.5. The summed E-state index contributed by atoms with van der Waals surface area (Å²) in [5.41, 5.74) is 0.950.